The van der Waals surface area contributed by atoms with Gasteiger partial charge in [-0.15, -0.1) is 0 Å². The van der Waals surface area contributed by atoms with Gasteiger partial charge in [-0.3, -0.25) is 14.5 Å². The van der Waals surface area contributed by atoms with Crippen LogP contribution in [0.2, 0.25) is 0 Å². The SMILES string of the molecule is CN(C)C(=O)C1CCN(CC(=O)N2CCc3ccccc3C2)CC1. The zero-order valence-electron chi connectivity index (χ0n) is 14.7. The van der Waals surface area contributed by atoms with Gasteiger partial charge in [-0.05, 0) is 43.5 Å². The maximum Gasteiger partial charge on any atom is 0.237 e. The molecule has 0 N–H and O–H groups in total. The molecule has 0 radical (unpaired) electrons. The first-order valence-electron chi connectivity index (χ1n) is 8.82. The third-order valence-electron chi connectivity index (χ3n) is 5.22. The van der Waals surface area contributed by atoms with Crippen molar-refractivity contribution < 1.29 is 9.59 Å². The largest absolute Gasteiger partial charge is 0.349 e. The average molecular weight is 329 g/mol. The van der Waals surface area contributed by atoms with Crippen molar-refractivity contribution >= 4 is 11.8 Å². The molecule has 3 rings (SSSR count). The number of carbonyl (C=O) groups excluding carboxylic acids is 2. The molecule has 0 bridgehead atoms. The van der Waals surface area contributed by atoms with Crippen LogP contribution in [0.5, 0.6) is 0 Å². The lowest BCUT2D eigenvalue weighted by Gasteiger charge is -2.34. The summed E-state index contributed by atoms with van der Waals surface area (Å²) in [6.07, 6.45) is 2.65. The summed E-state index contributed by atoms with van der Waals surface area (Å²) in [5.74, 6) is 0.545. The molecule has 0 unspecified atom stereocenters. The van der Waals surface area contributed by atoms with Gasteiger partial charge in [0.15, 0.2) is 0 Å². The number of likely N-dealkylation sites (tertiary alicyclic amines) is 1. The zero-order chi connectivity index (χ0) is 17.1. The first-order valence-corrected chi connectivity index (χ1v) is 8.82. The van der Waals surface area contributed by atoms with Crippen LogP contribution in [-0.2, 0) is 22.6 Å². The van der Waals surface area contributed by atoms with Gasteiger partial charge in [-0.1, -0.05) is 24.3 Å². The Labute approximate surface area is 144 Å². The average Bonchev–Trinajstić information content (AvgIpc) is 2.61. The molecule has 24 heavy (non-hydrogen) atoms. The fraction of sp³-hybridized carbons (Fsp3) is 0.579. The van der Waals surface area contributed by atoms with Crippen LogP contribution >= 0.6 is 0 Å². The third-order valence-corrected chi connectivity index (χ3v) is 5.22. The van der Waals surface area contributed by atoms with Crippen LogP contribution in [0.3, 0.4) is 0 Å². The van der Waals surface area contributed by atoms with Crippen molar-refractivity contribution in [1.29, 1.82) is 0 Å². The van der Waals surface area contributed by atoms with E-state index in [0.717, 1.165) is 45.4 Å². The van der Waals surface area contributed by atoms with E-state index >= 15 is 0 Å². The molecule has 1 aromatic carbocycles. The van der Waals surface area contributed by atoms with Crippen molar-refractivity contribution in [3.8, 4) is 0 Å². The molecule has 0 atom stereocenters. The molecule has 2 heterocycles. The smallest absolute Gasteiger partial charge is 0.237 e. The van der Waals surface area contributed by atoms with Crippen molar-refractivity contribution in [3.63, 3.8) is 0 Å². The number of rotatable bonds is 3. The van der Waals surface area contributed by atoms with Crippen molar-refractivity contribution in [2.24, 2.45) is 5.92 Å². The number of carbonyl (C=O) groups is 2. The maximum absolute atomic E-state index is 12.6. The highest BCUT2D eigenvalue weighted by molar-refractivity contribution is 5.79. The maximum atomic E-state index is 12.6. The van der Waals surface area contributed by atoms with E-state index in [-0.39, 0.29) is 17.7 Å². The van der Waals surface area contributed by atoms with Gasteiger partial charge in [-0.2, -0.15) is 0 Å². The number of fused-ring (bicyclic) bond motifs is 1. The Morgan fingerprint density at radius 1 is 1.08 bits per heavy atom. The summed E-state index contributed by atoms with van der Waals surface area (Å²) in [6.45, 7) is 3.68. The van der Waals surface area contributed by atoms with Gasteiger partial charge in [0.2, 0.25) is 11.8 Å². The van der Waals surface area contributed by atoms with E-state index < -0.39 is 0 Å². The Bertz CT molecular complexity index is 606. The number of nitrogens with zero attached hydrogens (tertiary/aromatic N) is 3. The third kappa shape index (κ3) is 3.78. The minimum atomic E-state index is 0.119. The van der Waals surface area contributed by atoms with Crippen LogP contribution in [0.15, 0.2) is 24.3 Å². The molecule has 2 aliphatic heterocycles. The molecular formula is C19H27N3O2. The minimum absolute atomic E-state index is 0.119. The number of hydrogen-bond acceptors (Lipinski definition) is 3. The van der Waals surface area contributed by atoms with Crippen molar-refractivity contribution in [3.05, 3.63) is 35.4 Å². The molecule has 2 aliphatic rings. The Balaban J connectivity index is 1.49. The summed E-state index contributed by atoms with van der Waals surface area (Å²) < 4.78 is 0. The minimum Gasteiger partial charge on any atom is -0.349 e. The summed E-state index contributed by atoms with van der Waals surface area (Å²) in [6, 6.07) is 8.38. The van der Waals surface area contributed by atoms with Gasteiger partial charge in [0, 0.05) is 33.1 Å². The summed E-state index contributed by atoms with van der Waals surface area (Å²) >= 11 is 0. The molecule has 0 spiro atoms. The molecule has 1 aromatic rings. The van der Waals surface area contributed by atoms with Gasteiger partial charge in [-0.25, -0.2) is 0 Å². The molecule has 5 heteroatoms. The molecule has 5 nitrogen and oxygen atoms in total. The van der Waals surface area contributed by atoms with E-state index in [1.54, 1.807) is 4.90 Å². The van der Waals surface area contributed by atoms with Crippen molar-refractivity contribution in [2.75, 3.05) is 40.3 Å². The van der Waals surface area contributed by atoms with Crippen LogP contribution in [0.4, 0.5) is 0 Å². The highest BCUT2D eigenvalue weighted by Crippen LogP contribution is 2.21. The van der Waals surface area contributed by atoms with Crippen molar-refractivity contribution in [1.82, 2.24) is 14.7 Å². The first-order chi connectivity index (χ1) is 11.5. The normalized spacial score (nSPS) is 19.0. The van der Waals surface area contributed by atoms with E-state index in [1.807, 2.05) is 25.1 Å². The number of piperidine rings is 1. The summed E-state index contributed by atoms with van der Waals surface area (Å²) in [7, 11) is 3.62. The van der Waals surface area contributed by atoms with Crippen LogP contribution in [0, 0.1) is 5.92 Å². The Hall–Kier alpha value is -1.88. The molecular weight excluding hydrogens is 302 g/mol. The Morgan fingerprint density at radius 2 is 1.75 bits per heavy atom. The predicted molar refractivity (Wildman–Crippen MR) is 93.4 cm³/mol. The highest BCUT2D eigenvalue weighted by Gasteiger charge is 2.28. The highest BCUT2D eigenvalue weighted by atomic mass is 16.2. The second kappa shape index (κ2) is 7.34. The number of benzene rings is 1. The lowest BCUT2D eigenvalue weighted by atomic mass is 9.95. The fourth-order valence-corrected chi connectivity index (χ4v) is 3.70. The van der Waals surface area contributed by atoms with Gasteiger partial charge in [0.1, 0.15) is 0 Å². The fourth-order valence-electron chi connectivity index (χ4n) is 3.70. The number of hydrogen-bond donors (Lipinski definition) is 0. The van der Waals surface area contributed by atoms with Crippen molar-refractivity contribution in [2.45, 2.75) is 25.8 Å². The summed E-state index contributed by atoms with van der Waals surface area (Å²) in [5, 5.41) is 0. The summed E-state index contributed by atoms with van der Waals surface area (Å²) in [4.78, 5) is 30.5. The van der Waals surface area contributed by atoms with Crippen LogP contribution < -0.4 is 0 Å². The monoisotopic (exact) mass is 329 g/mol. The molecule has 0 saturated carbocycles. The van der Waals surface area contributed by atoms with E-state index in [1.165, 1.54) is 11.1 Å². The van der Waals surface area contributed by atoms with E-state index in [9.17, 15) is 9.59 Å². The van der Waals surface area contributed by atoms with Gasteiger partial charge in [0.25, 0.3) is 0 Å². The van der Waals surface area contributed by atoms with Gasteiger partial charge in [0.05, 0.1) is 6.54 Å². The van der Waals surface area contributed by atoms with Crippen LogP contribution in [0.25, 0.3) is 0 Å². The zero-order valence-corrected chi connectivity index (χ0v) is 14.7. The standard InChI is InChI=1S/C19H27N3O2/c1-20(2)19(24)16-7-10-21(11-8-16)14-18(23)22-12-9-15-5-3-4-6-17(15)13-22/h3-6,16H,7-14H2,1-2H3. The van der Waals surface area contributed by atoms with Gasteiger partial charge >= 0.3 is 0 Å². The van der Waals surface area contributed by atoms with Crippen LogP contribution in [-0.4, -0.2) is 66.8 Å². The molecule has 0 aromatic heterocycles. The van der Waals surface area contributed by atoms with Crippen LogP contribution in [0.1, 0.15) is 24.0 Å². The van der Waals surface area contributed by atoms with E-state index in [2.05, 4.69) is 23.1 Å². The quantitative estimate of drug-likeness (QED) is 0.841. The lowest BCUT2D eigenvalue weighted by molar-refractivity contribution is -0.135. The topological polar surface area (TPSA) is 43.9 Å². The molecule has 2 amide bonds. The first kappa shape index (κ1) is 17.0. The Kier molecular flexibility index (Phi) is 5.19. The second-order valence-electron chi connectivity index (χ2n) is 7.12. The lowest BCUT2D eigenvalue weighted by Crippen LogP contribution is -2.46. The molecule has 1 fully saturated rings. The predicted octanol–water partition coefficient (Wildman–Crippen LogP) is 1.37. The van der Waals surface area contributed by atoms with E-state index in [0.29, 0.717) is 6.54 Å². The Morgan fingerprint density at radius 3 is 2.42 bits per heavy atom. The second-order valence-corrected chi connectivity index (χ2v) is 7.12. The summed E-state index contributed by atoms with van der Waals surface area (Å²) in [5.41, 5.74) is 2.64. The van der Waals surface area contributed by atoms with Gasteiger partial charge < -0.3 is 9.80 Å². The molecule has 1 saturated heterocycles. The molecule has 0 aliphatic carbocycles. The number of amides is 2. The molecule has 130 valence electrons. The van der Waals surface area contributed by atoms with E-state index in [4.69, 9.17) is 0 Å².